The van der Waals surface area contributed by atoms with E-state index >= 15 is 0 Å². The highest BCUT2D eigenvalue weighted by molar-refractivity contribution is 6.63. The van der Waals surface area contributed by atoms with Crippen LogP contribution >= 0.6 is 0 Å². The number of hydrogen-bond donors (Lipinski definition) is 1. The average Bonchev–Trinajstić information content (AvgIpc) is 3.53. The fourth-order valence-corrected chi connectivity index (χ4v) is 7.35. The molecule has 0 unspecified atom stereocenters. The van der Waals surface area contributed by atoms with Gasteiger partial charge in [0.25, 0.3) is 0 Å². The molecule has 3 heterocycles. The number of nitrogens with zero attached hydrogens (tertiary/aromatic N) is 4. The number of aromatic nitrogens is 4. The van der Waals surface area contributed by atoms with E-state index in [0.29, 0.717) is 23.3 Å². The van der Waals surface area contributed by atoms with Crippen molar-refractivity contribution in [2.75, 3.05) is 12.8 Å². The van der Waals surface area contributed by atoms with Crippen LogP contribution in [-0.4, -0.2) is 45.4 Å². The average molecular weight is 509 g/mol. The molecule has 9 heteroatoms. The van der Waals surface area contributed by atoms with Gasteiger partial charge in [-0.15, -0.1) is 0 Å². The molecule has 38 heavy (non-hydrogen) atoms. The van der Waals surface area contributed by atoms with Crippen LogP contribution in [0, 0.1) is 17.3 Å². The van der Waals surface area contributed by atoms with Gasteiger partial charge in [-0.2, -0.15) is 15.3 Å². The van der Waals surface area contributed by atoms with Crippen molar-refractivity contribution in [3.05, 3.63) is 55.0 Å². The van der Waals surface area contributed by atoms with Crippen LogP contribution in [-0.2, 0) is 9.31 Å². The van der Waals surface area contributed by atoms with Crippen molar-refractivity contribution < 1.29 is 14.0 Å². The van der Waals surface area contributed by atoms with Crippen molar-refractivity contribution in [2.45, 2.75) is 51.7 Å². The zero-order valence-corrected chi connectivity index (χ0v) is 22.4. The third-order valence-corrected chi connectivity index (χ3v) is 9.88. The summed E-state index contributed by atoms with van der Waals surface area (Å²) in [7, 11) is 1.14. The van der Waals surface area contributed by atoms with Gasteiger partial charge in [0.1, 0.15) is 5.75 Å². The zero-order chi connectivity index (χ0) is 26.4. The topological polar surface area (TPSA) is 97.3 Å². The number of anilines is 1. The Labute approximate surface area is 222 Å². The van der Waals surface area contributed by atoms with E-state index in [2.05, 4.69) is 55.1 Å². The summed E-state index contributed by atoms with van der Waals surface area (Å²) in [5.41, 5.74) is 10.6. The summed E-state index contributed by atoms with van der Waals surface area (Å²) in [4.78, 5) is 0. The first-order valence-corrected chi connectivity index (χ1v) is 13.2. The molecule has 8 rings (SSSR count). The molecule has 2 N–H and O–H groups in total. The van der Waals surface area contributed by atoms with Gasteiger partial charge in [-0.05, 0) is 73.8 Å². The number of benzene rings is 2. The largest absolute Gasteiger partial charge is 0.498 e. The molecule has 2 bridgehead atoms. The first kappa shape index (κ1) is 23.7. The molecule has 194 valence electrons. The number of fused-ring (bicyclic) bond motifs is 1. The summed E-state index contributed by atoms with van der Waals surface area (Å²) < 4.78 is 21.5. The van der Waals surface area contributed by atoms with E-state index in [-0.39, 0.29) is 16.6 Å². The van der Waals surface area contributed by atoms with Gasteiger partial charge in [0, 0.05) is 34.9 Å². The monoisotopic (exact) mass is 509 g/mol. The number of nitrogens with two attached hydrogens (primary N) is 1. The molecule has 1 aliphatic heterocycles. The molecule has 3 aliphatic carbocycles. The Bertz CT molecular complexity index is 1570. The van der Waals surface area contributed by atoms with Crippen molar-refractivity contribution in [1.82, 2.24) is 20.0 Å². The van der Waals surface area contributed by atoms with Crippen LogP contribution in [0.15, 0.2) is 55.0 Å². The molecule has 1 saturated heterocycles. The van der Waals surface area contributed by atoms with Gasteiger partial charge < -0.3 is 19.8 Å². The molecule has 2 aromatic heterocycles. The molecule has 4 aliphatic rings. The lowest BCUT2D eigenvalue weighted by Crippen LogP contribution is -2.70. The molecule has 0 spiro atoms. The summed E-state index contributed by atoms with van der Waals surface area (Å²) >= 11 is 0. The maximum absolute atomic E-state index is 6.91. The van der Waals surface area contributed by atoms with E-state index in [1.807, 2.05) is 35.1 Å². The van der Waals surface area contributed by atoms with Crippen molar-refractivity contribution in [3.8, 4) is 22.6 Å². The third kappa shape index (κ3) is 3.09. The summed E-state index contributed by atoms with van der Waals surface area (Å²) in [6, 6.07) is 12.1. The summed E-state index contributed by atoms with van der Waals surface area (Å²) in [6.45, 7) is 9.21. The van der Waals surface area contributed by atoms with Gasteiger partial charge in [0.15, 0.2) is 0 Å². The van der Waals surface area contributed by atoms with E-state index in [4.69, 9.17) is 19.8 Å². The molecule has 4 atom stereocenters. The third-order valence-electron chi connectivity index (χ3n) is 9.88. The van der Waals surface area contributed by atoms with Gasteiger partial charge in [0.2, 0.25) is 0 Å². The fourth-order valence-electron chi connectivity index (χ4n) is 7.35. The lowest BCUT2D eigenvalue weighted by atomic mass is 9.41. The Hall–Kier alpha value is -3.43. The number of ether oxygens (including phenoxy) is 1. The van der Waals surface area contributed by atoms with Crippen LogP contribution in [0.25, 0.3) is 27.7 Å². The van der Waals surface area contributed by atoms with E-state index in [0.717, 1.165) is 39.6 Å². The van der Waals surface area contributed by atoms with E-state index < -0.39 is 7.12 Å². The van der Waals surface area contributed by atoms with Crippen LogP contribution in [0.5, 0.6) is 5.75 Å². The predicted octanol–water partition coefficient (Wildman–Crippen LogP) is 4.40. The van der Waals surface area contributed by atoms with E-state index in [9.17, 15) is 0 Å². The second-order valence-corrected chi connectivity index (χ2v) is 12.0. The molecule has 3 saturated carbocycles. The van der Waals surface area contributed by atoms with E-state index in [1.165, 1.54) is 6.42 Å². The predicted molar refractivity (Wildman–Crippen MR) is 147 cm³/mol. The first-order valence-electron chi connectivity index (χ1n) is 13.2. The fraction of sp³-hybridized carbons (Fsp3) is 0.414. The van der Waals surface area contributed by atoms with Gasteiger partial charge in [-0.25, -0.2) is 4.68 Å². The van der Waals surface area contributed by atoms with Crippen LogP contribution in [0.2, 0.25) is 0 Å². The van der Waals surface area contributed by atoms with Gasteiger partial charge in [-0.3, -0.25) is 0 Å². The quantitative estimate of drug-likeness (QED) is 0.408. The minimum atomic E-state index is -0.545. The highest BCUT2D eigenvalue weighted by Gasteiger charge is 2.73. The lowest BCUT2D eigenvalue weighted by molar-refractivity contribution is -0.234. The van der Waals surface area contributed by atoms with Gasteiger partial charge >= 0.3 is 7.12 Å². The highest BCUT2D eigenvalue weighted by Crippen LogP contribution is 2.69. The van der Waals surface area contributed by atoms with Crippen molar-refractivity contribution in [2.24, 2.45) is 17.3 Å². The Balaban J connectivity index is 1.38. The van der Waals surface area contributed by atoms with Crippen LogP contribution < -0.4 is 15.9 Å². The Morgan fingerprint density at radius 2 is 1.97 bits per heavy atom. The van der Waals surface area contributed by atoms with E-state index in [1.54, 1.807) is 19.5 Å². The maximum Gasteiger partial charge on any atom is 0.498 e. The summed E-state index contributed by atoms with van der Waals surface area (Å²) in [5.74, 6) is 1.80. The number of rotatable bonds is 4. The Kier molecular flexibility index (Phi) is 4.86. The van der Waals surface area contributed by atoms with Crippen molar-refractivity contribution >= 4 is 29.2 Å². The minimum Gasteiger partial charge on any atom is -0.497 e. The molecule has 2 aromatic carbocycles. The second kappa shape index (κ2) is 7.80. The van der Waals surface area contributed by atoms with Crippen molar-refractivity contribution in [3.63, 3.8) is 0 Å². The molecule has 0 amide bonds. The van der Waals surface area contributed by atoms with Crippen LogP contribution in [0.1, 0.15) is 40.5 Å². The lowest BCUT2D eigenvalue weighted by Gasteiger charge is -2.67. The Morgan fingerprint density at radius 1 is 1.13 bits per heavy atom. The van der Waals surface area contributed by atoms with Gasteiger partial charge in [-0.1, -0.05) is 19.9 Å². The molecular formula is C29H32BN5O3. The first-order chi connectivity index (χ1) is 18.1. The molecule has 4 aromatic rings. The summed E-state index contributed by atoms with van der Waals surface area (Å²) in [6.07, 6.45) is 7.45. The molecule has 4 fully saturated rings. The molecular weight excluding hydrogens is 477 g/mol. The number of nitrogen functional groups attached to an aromatic ring is 1. The minimum absolute atomic E-state index is 0.250. The summed E-state index contributed by atoms with van der Waals surface area (Å²) in [5, 5.41) is 13.8. The molecule has 0 radical (unpaired) electrons. The maximum atomic E-state index is 6.91. The Morgan fingerprint density at radius 3 is 2.71 bits per heavy atom. The highest BCUT2D eigenvalue weighted by atomic mass is 16.7. The number of methoxy groups -OCH3 is 1. The SMILES string of the molecule is COc1cc(-n2cccn2)c(-c2ccc3c(N)cnnc3c2)cc1B1O[C@]2(C)C[C@@H]3C[C@@H](C3(C)C)[C@]2(C)O1. The zero-order valence-electron chi connectivity index (χ0n) is 22.4. The van der Waals surface area contributed by atoms with Gasteiger partial charge in [0.05, 0.1) is 41.4 Å². The standard InChI is InChI=1S/C29H32BN5O3/c1-27(2)18-12-26(27)29(4)28(3,15-18)37-30(38-29)21-13-20(24(14-25(21)36-5)35-10-6-9-33-35)17-7-8-19-22(31)16-32-34-23(19)11-17/h6-11,13-14,16,18,26H,12,15H2,1-5H3,(H2,31,34)/t18-,26-,28+,29-/m0/s1. The normalized spacial score (nSPS) is 29.2. The van der Waals surface area contributed by atoms with Crippen LogP contribution in [0.4, 0.5) is 5.69 Å². The molecule has 8 nitrogen and oxygen atoms in total. The van der Waals surface area contributed by atoms with Crippen molar-refractivity contribution in [1.29, 1.82) is 0 Å². The smallest absolute Gasteiger partial charge is 0.497 e. The van der Waals surface area contributed by atoms with Crippen LogP contribution in [0.3, 0.4) is 0 Å². The second-order valence-electron chi connectivity index (χ2n) is 12.0. The number of hydrogen-bond acceptors (Lipinski definition) is 7.